The molecule has 0 radical (unpaired) electrons. The number of methoxy groups -OCH3 is 1. The maximum absolute atomic E-state index is 11.0. The molecule has 98 valence electrons. The molecular weight excluding hydrogens is 242 g/mol. The Labute approximate surface area is 111 Å². The van der Waals surface area contributed by atoms with Crippen LogP contribution in [0.3, 0.4) is 0 Å². The average Bonchev–Trinajstić information content (AvgIpc) is 2.84. The van der Waals surface area contributed by atoms with Crippen LogP contribution >= 0.6 is 0 Å². The molecule has 0 aliphatic carbocycles. The number of hydrogen-bond acceptors (Lipinski definition) is 4. The van der Waals surface area contributed by atoms with Crippen molar-refractivity contribution in [3.63, 3.8) is 0 Å². The van der Waals surface area contributed by atoms with E-state index in [0.717, 1.165) is 11.1 Å². The summed E-state index contributed by atoms with van der Waals surface area (Å²) < 4.78 is 10.1. The van der Waals surface area contributed by atoms with Crippen molar-refractivity contribution in [2.75, 3.05) is 12.8 Å². The second-order valence-corrected chi connectivity index (χ2v) is 4.15. The lowest BCUT2D eigenvalue weighted by Crippen LogP contribution is -1.92. The Morgan fingerprint density at radius 3 is 2.79 bits per heavy atom. The van der Waals surface area contributed by atoms with Crippen LogP contribution in [0.4, 0.5) is 5.69 Å². The van der Waals surface area contributed by atoms with Gasteiger partial charge in [0.15, 0.2) is 0 Å². The molecule has 0 fully saturated rings. The Hall–Kier alpha value is -2.49. The third kappa shape index (κ3) is 3.04. The number of nitrogens with two attached hydrogens (primary N) is 1. The first-order valence-electron chi connectivity index (χ1n) is 5.82. The number of carbonyl (C=O) groups is 1. The Morgan fingerprint density at radius 1 is 1.32 bits per heavy atom. The number of furan rings is 1. The van der Waals surface area contributed by atoms with Crippen molar-refractivity contribution >= 4 is 17.7 Å². The van der Waals surface area contributed by atoms with E-state index in [-0.39, 0.29) is 0 Å². The Kier molecular flexibility index (Phi) is 3.71. The van der Waals surface area contributed by atoms with Gasteiger partial charge in [-0.05, 0) is 42.8 Å². The highest BCUT2D eigenvalue weighted by atomic mass is 16.5. The molecule has 0 amide bonds. The van der Waals surface area contributed by atoms with Gasteiger partial charge in [-0.25, -0.2) is 4.79 Å². The maximum atomic E-state index is 11.0. The molecule has 0 unspecified atom stereocenters. The predicted octanol–water partition coefficient (Wildman–Crippen LogP) is 3.02. The number of ether oxygens (including phenoxy) is 1. The topological polar surface area (TPSA) is 65.5 Å². The van der Waals surface area contributed by atoms with Gasteiger partial charge in [0.05, 0.1) is 7.11 Å². The van der Waals surface area contributed by atoms with Crippen LogP contribution in [0, 0.1) is 6.92 Å². The summed E-state index contributed by atoms with van der Waals surface area (Å²) in [6, 6.07) is 9.36. The predicted molar refractivity (Wildman–Crippen MR) is 74.3 cm³/mol. The number of anilines is 1. The SMILES string of the molecule is COC(=O)/C=C/c1ccc(-c2ccc(C)cc2N)o1. The van der Waals surface area contributed by atoms with Crippen LogP contribution in [-0.4, -0.2) is 13.1 Å². The van der Waals surface area contributed by atoms with E-state index in [1.54, 1.807) is 12.1 Å². The van der Waals surface area contributed by atoms with Gasteiger partial charge in [-0.2, -0.15) is 0 Å². The fourth-order valence-electron chi connectivity index (χ4n) is 1.71. The molecular formula is C15H15NO3. The number of benzene rings is 1. The van der Waals surface area contributed by atoms with Gasteiger partial charge in [-0.3, -0.25) is 0 Å². The van der Waals surface area contributed by atoms with Gasteiger partial charge in [0.25, 0.3) is 0 Å². The fraction of sp³-hybridized carbons (Fsp3) is 0.133. The van der Waals surface area contributed by atoms with E-state index in [9.17, 15) is 4.79 Å². The number of hydrogen-bond donors (Lipinski definition) is 1. The highest BCUT2D eigenvalue weighted by Crippen LogP contribution is 2.28. The molecule has 2 N–H and O–H groups in total. The first-order chi connectivity index (χ1) is 9.10. The van der Waals surface area contributed by atoms with Crippen LogP contribution in [0.25, 0.3) is 17.4 Å². The molecule has 2 rings (SSSR count). The van der Waals surface area contributed by atoms with Crippen molar-refractivity contribution in [1.29, 1.82) is 0 Å². The molecule has 1 aromatic carbocycles. The molecule has 1 aromatic heterocycles. The van der Waals surface area contributed by atoms with Gasteiger partial charge in [0.1, 0.15) is 11.5 Å². The molecule has 0 saturated heterocycles. The highest BCUT2D eigenvalue weighted by molar-refractivity contribution is 5.86. The monoisotopic (exact) mass is 257 g/mol. The highest BCUT2D eigenvalue weighted by Gasteiger charge is 2.07. The Morgan fingerprint density at radius 2 is 2.11 bits per heavy atom. The van der Waals surface area contributed by atoms with Crippen LogP contribution in [0.15, 0.2) is 40.8 Å². The van der Waals surface area contributed by atoms with Crippen molar-refractivity contribution in [2.45, 2.75) is 6.92 Å². The summed E-state index contributed by atoms with van der Waals surface area (Å²) in [7, 11) is 1.33. The fourth-order valence-corrected chi connectivity index (χ4v) is 1.71. The lowest BCUT2D eigenvalue weighted by molar-refractivity contribution is -0.134. The second-order valence-electron chi connectivity index (χ2n) is 4.15. The van der Waals surface area contributed by atoms with Gasteiger partial charge in [-0.15, -0.1) is 0 Å². The lowest BCUT2D eigenvalue weighted by atomic mass is 10.1. The van der Waals surface area contributed by atoms with Gasteiger partial charge in [0.2, 0.25) is 0 Å². The van der Waals surface area contributed by atoms with Gasteiger partial charge >= 0.3 is 5.97 Å². The number of esters is 1. The first-order valence-corrected chi connectivity index (χ1v) is 5.82. The van der Waals surface area contributed by atoms with Crippen LogP contribution in [0.1, 0.15) is 11.3 Å². The van der Waals surface area contributed by atoms with E-state index >= 15 is 0 Å². The number of carbonyl (C=O) groups excluding carboxylic acids is 1. The minimum Gasteiger partial charge on any atom is -0.466 e. The van der Waals surface area contributed by atoms with Crippen molar-refractivity contribution < 1.29 is 13.9 Å². The van der Waals surface area contributed by atoms with Crippen LogP contribution in [0.5, 0.6) is 0 Å². The molecule has 0 bridgehead atoms. The number of rotatable bonds is 3. The molecule has 0 aliphatic heterocycles. The van der Waals surface area contributed by atoms with Crippen LogP contribution < -0.4 is 5.73 Å². The van der Waals surface area contributed by atoms with Gasteiger partial charge < -0.3 is 14.9 Å². The standard InChI is InChI=1S/C15H15NO3/c1-10-3-6-12(13(16)9-10)14-7-4-11(19-14)5-8-15(17)18-2/h3-9H,16H2,1-2H3/b8-5+. The molecule has 0 atom stereocenters. The molecule has 4 heteroatoms. The summed E-state index contributed by atoms with van der Waals surface area (Å²) >= 11 is 0. The molecule has 2 aromatic rings. The maximum Gasteiger partial charge on any atom is 0.330 e. The first kappa shape index (κ1) is 13.0. The van der Waals surface area contributed by atoms with E-state index in [1.165, 1.54) is 13.2 Å². The largest absolute Gasteiger partial charge is 0.466 e. The summed E-state index contributed by atoms with van der Waals surface area (Å²) in [6.45, 7) is 1.98. The summed E-state index contributed by atoms with van der Waals surface area (Å²) in [5.74, 6) is 0.815. The normalized spacial score (nSPS) is 10.8. The third-order valence-electron chi connectivity index (χ3n) is 2.68. The van der Waals surface area contributed by atoms with Crippen LogP contribution in [-0.2, 0) is 9.53 Å². The Balaban J connectivity index is 2.26. The van der Waals surface area contributed by atoms with Gasteiger partial charge in [-0.1, -0.05) is 6.07 Å². The second kappa shape index (κ2) is 5.44. The van der Waals surface area contributed by atoms with Crippen molar-refractivity contribution in [2.24, 2.45) is 0 Å². The smallest absolute Gasteiger partial charge is 0.330 e. The minimum atomic E-state index is -0.423. The van der Waals surface area contributed by atoms with Crippen molar-refractivity contribution in [1.82, 2.24) is 0 Å². The van der Waals surface area contributed by atoms with Crippen molar-refractivity contribution in [3.8, 4) is 11.3 Å². The quantitative estimate of drug-likeness (QED) is 0.521. The lowest BCUT2D eigenvalue weighted by Gasteiger charge is -2.03. The zero-order chi connectivity index (χ0) is 13.8. The summed E-state index contributed by atoms with van der Waals surface area (Å²) in [5.41, 5.74) is 8.55. The average molecular weight is 257 g/mol. The molecule has 0 aliphatic rings. The number of aryl methyl sites for hydroxylation is 1. The van der Waals surface area contributed by atoms with Crippen molar-refractivity contribution in [3.05, 3.63) is 47.7 Å². The van der Waals surface area contributed by atoms with E-state index < -0.39 is 5.97 Å². The van der Waals surface area contributed by atoms with E-state index in [2.05, 4.69) is 4.74 Å². The van der Waals surface area contributed by atoms with E-state index in [4.69, 9.17) is 10.2 Å². The molecule has 0 spiro atoms. The van der Waals surface area contributed by atoms with Crippen LogP contribution in [0.2, 0.25) is 0 Å². The summed E-state index contributed by atoms with van der Waals surface area (Å²) in [6.07, 6.45) is 2.86. The minimum absolute atomic E-state index is 0.423. The molecule has 0 saturated carbocycles. The van der Waals surface area contributed by atoms with E-state index in [0.29, 0.717) is 17.2 Å². The summed E-state index contributed by atoms with van der Waals surface area (Å²) in [4.78, 5) is 11.0. The van der Waals surface area contributed by atoms with E-state index in [1.807, 2.05) is 31.2 Å². The van der Waals surface area contributed by atoms with Gasteiger partial charge in [0, 0.05) is 17.3 Å². The Bertz CT molecular complexity index is 626. The molecule has 19 heavy (non-hydrogen) atoms. The molecule has 1 heterocycles. The zero-order valence-corrected chi connectivity index (χ0v) is 10.8. The summed E-state index contributed by atoms with van der Waals surface area (Å²) in [5, 5.41) is 0. The third-order valence-corrected chi connectivity index (χ3v) is 2.68. The zero-order valence-electron chi connectivity index (χ0n) is 10.8. The number of nitrogen functional groups attached to an aromatic ring is 1. The molecule has 4 nitrogen and oxygen atoms in total.